The zero-order valence-corrected chi connectivity index (χ0v) is 8.58. The number of aliphatic hydroxyl groups is 1. The van der Waals surface area contributed by atoms with E-state index in [2.05, 4.69) is 4.98 Å². The summed E-state index contributed by atoms with van der Waals surface area (Å²) in [5.41, 5.74) is 2.73. The van der Waals surface area contributed by atoms with Crippen LogP contribution in [0.3, 0.4) is 0 Å². The van der Waals surface area contributed by atoms with E-state index < -0.39 is 6.17 Å². The van der Waals surface area contributed by atoms with Crippen molar-refractivity contribution in [1.82, 2.24) is 9.88 Å². The molecular formula is C9H13FN2OS. The molecule has 2 rings (SSSR count). The van der Waals surface area contributed by atoms with E-state index >= 15 is 0 Å². The number of likely N-dealkylation sites (tertiary alicyclic amines) is 1. The minimum absolute atomic E-state index is 0.0323. The Kier molecular flexibility index (Phi) is 3.10. The summed E-state index contributed by atoms with van der Waals surface area (Å²) < 4.78 is 13.1. The van der Waals surface area contributed by atoms with Crippen LogP contribution in [0.5, 0.6) is 0 Å². The van der Waals surface area contributed by atoms with Gasteiger partial charge in [0.2, 0.25) is 0 Å². The van der Waals surface area contributed by atoms with Crippen LogP contribution in [0.4, 0.5) is 4.39 Å². The number of aromatic nitrogens is 1. The van der Waals surface area contributed by atoms with Crippen molar-refractivity contribution in [1.29, 1.82) is 0 Å². The van der Waals surface area contributed by atoms with Crippen molar-refractivity contribution in [3.05, 3.63) is 16.6 Å². The van der Waals surface area contributed by atoms with Crippen molar-refractivity contribution >= 4 is 11.3 Å². The highest BCUT2D eigenvalue weighted by atomic mass is 32.1. The number of nitrogens with zero attached hydrogens (tertiary/aromatic N) is 2. The summed E-state index contributed by atoms with van der Waals surface area (Å²) in [7, 11) is 0. The highest BCUT2D eigenvalue weighted by molar-refractivity contribution is 7.07. The third-order valence-electron chi connectivity index (χ3n) is 2.54. The third kappa shape index (κ3) is 2.10. The summed E-state index contributed by atoms with van der Waals surface area (Å²) >= 11 is 1.54. The molecule has 0 aromatic carbocycles. The van der Waals surface area contributed by atoms with Gasteiger partial charge >= 0.3 is 0 Å². The highest BCUT2D eigenvalue weighted by Gasteiger charge is 2.31. The predicted molar refractivity (Wildman–Crippen MR) is 52.9 cm³/mol. The Bertz CT molecular complexity index is 280. The van der Waals surface area contributed by atoms with E-state index in [-0.39, 0.29) is 12.6 Å². The summed E-state index contributed by atoms with van der Waals surface area (Å²) in [5, 5.41) is 11.0. The molecule has 2 atom stereocenters. The van der Waals surface area contributed by atoms with E-state index in [1.54, 1.807) is 5.51 Å². The van der Waals surface area contributed by atoms with Gasteiger partial charge in [0, 0.05) is 24.5 Å². The second-order valence-corrected chi connectivity index (χ2v) is 4.30. The van der Waals surface area contributed by atoms with E-state index in [1.165, 1.54) is 11.3 Å². The van der Waals surface area contributed by atoms with Gasteiger partial charge < -0.3 is 5.11 Å². The molecule has 0 spiro atoms. The Labute approximate surface area is 86.2 Å². The van der Waals surface area contributed by atoms with Crippen LogP contribution in [-0.2, 0) is 6.54 Å². The molecule has 1 aliphatic rings. The van der Waals surface area contributed by atoms with E-state index in [9.17, 15) is 4.39 Å². The summed E-state index contributed by atoms with van der Waals surface area (Å²) in [6.45, 7) is 1.10. The Balaban J connectivity index is 1.97. The van der Waals surface area contributed by atoms with Crippen molar-refractivity contribution in [3.63, 3.8) is 0 Å². The van der Waals surface area contributed by atoms with Crippen LogP contribution in [0, 0.1) is 0 Å². The first-order valence-corrected chi connectivity index (χ1v) is 5.60. The van der Waals surface area contributed by atoms with Gasteiger partial charge in [0.25, 0.3) is 0 Å². The number of rotatable bonds is 3. The molecule has 0 unspecified atom stereocenters. The van der Waals surface area contributed by atoms with Crippen LogP contribution in [0.2, 0.25) is 0 Å². The molecular weight excluding hydrogens is 203 g/mol. The van der Waals surface area contributed by atoms with Crippen LogP contribution in [0.1, 0.15) is 12.1 Å². The van der Waals surface area contributed by atoms with Gasteiger partial charge in [-0.15, -0.1) is 11.3 Å². The highest BCUT2D eigenvalue weighted by Crippen LogP contribution is 2.22. The zero-order valence-electron chi connectivity index (χ0n) is 7.77. The fourth-order valence-electron chi connectivity index (χ4n) is 1.83. The first-order chi connectivity index (χ1) is 6.79. The van der Waals surface area contributed by atoms with Gasteiger partial charge in [-0.05, 0) is 6.42 Å². The van der Waals surface area contributed by atoms with Crippen LogP contribution in [-0.4, -0.2) is 40.4 Å². The minimum atomic E-state index is -0.800. The fourth-order valence-corrected chi connectivity index (χ4v) is 2.38. The Morgan fingerprint density at radius 1 is 1.71 bits per heavy atom. The molecule has 0 saturated carbocycles. The van der Waals surface area contributed by atoms with E-state index in [0.717, 1.165) is 5.69 Å². The predicted octanol–water partition coefficient (Wildman–Crippen LogP) is 1.05. The molecule has 0 amide bonds. The molecule has 78 valence electrons. The lowest BCUT2D eigenvalue weighted by Gasteiger charge is -2.20. The van der Waals surface area contributed by atoms with Gasteiger partial charge in [0.15, 0.2) is 0 Å². The lowest BCUT2D eigenvalue weighted by molar-refractivity contribution is 0.152. The molecule has 1 aliphatic heterocycles. The van der Waals surface area contributed by atoms with E-state index in [1.807, 2.05) is 10.3 Å². The molecule has 1 aromatic rings. The number of hydrogen-bond donors (Lipinski definition) is 1. The number of aliphatic hydroxyl groups excluding tert-OH is 1. The summed E-state index contributed by atoms with van der Waals surface area (Å²) in [4.78, 5) is 6.10. The maximum absolute atomic E-state index is 13.1. The Hall–Kier alpha value is -0.520. The maximum atomic E-state index is 13.1. The van der Waals surface area contributed by atoms with Crippen molar-refractivity contribution in [2.75, 3.05) is 13.2 Å². The van der Waals surface area contributed by atoms with E-state index in [0.29, 0.717) is 19.5 Å². The maximum Gasteiger partial charge on any atom is 0.114 e. The molecule has 1 fully saturated rings. The van der Waals surface area contributed by atoms with Crippen LogP contribution in [0.25, 0.3) is 0 Å². The molecule has 14 heavy (non-hydrogen) atoms. The van der Waals surface area contributed by atoms with Crippen LogP contribution < -0.4 is 0 Å². The van der Waals surface area contributed by atoms with Crippen LogP contribution >= 0.6 is 11.3 Å². The van der Waals surface area contributed by atoms with Gasteiger partial charge in [-0.2, -0.15) is 0 Å². The molecule has 2 heterocycles. The molecule has 3 nitrogen and oxygen atoms in total. The SMILES string of the molecule is OC[C@@H]1C[C@H](F)CN1Cc1cscn1. The average Bonchev–Trinajstić information content (AvgIpc) is 2.76. The summed E-state index contributed by atoms with van der Waals surface area (Å²) in [5.74, 6) is 0. The molecule has 1 saturated heterocycles. The van der Waals surface area contributed by atoms with Gasteiger partial charge in [-0.3, -0.25) is 4.90 Å². The van der Waals surface area contributed by atoms with Crippen molar-refractivity contribution in [2.24, 2.45) is 0 Å². The molecule has 1 aromatic heterocycles. The molecule has 0 aliphatic carbocycles. The smallest absolute Gasteiger partial charge is 0.114 e. The molecule has 0 bridgehead atoms. The van der Waals surface area contributed by atoms with Crippen LogP contribution in [0.15, 0.2) is 10.9 Å². The minimum Gasteiger partial charge on any atom is -0.395 e. The molecule has 5 heteroatoms. The standard InChI is InChI=1S/C9H13FN2OS/c10-7-1-9(4-13)12(2-7)3-8-5-14-6-11-8/h5-7,9,13H,1-4H2/t7-,9-/m0/s1. The third-order valence-corrected chi connectivity index (χ3v) is 3.17. The van der Waals surface area contributed by atoms with Gasteiger partial charge in [0.05, 0.1) is 17.8 Å². The van der Waals surface area contributed by atoms with Crippen molar-refractivity contribution in [3.8, 4) is 0 Å². The average molecular weight is 216 g/mol. The molecule has 1 N–H and O–H groups in total. The number of hydrogen-bond acceptors (Lipinski definition) is 4. The number of halogens is 1. The Morgan fingerprint density at radius 2 is 2.57 bits per heavy atom. The lowest BCUT2D eigenvalue weighted by atomic mass is 10.2. The van der Waals surface area contributed by atoms with Crippen molar-refractivity contribution in [2.45, 2.75) is 25.2 Å². The normalized spacial score (nSPS) is 28.4. The Morgan fingerprint density at radius 3 is 3.21 bits per heavy atom. The first kappa shape index (κ1) is 10.0. The van der Waals surface area contributed by atoms with Gasteiger partial charge in [0.1, 0.15) is 6.17 Å². The second-order valence-electron chi connectivity index (χ2n) is 3.58. The summed E-state index contributed by atoms with van der Waals surface area (Å²) in [6.07, 6.45) is -0.355. The number of thiazole rings is 1. The zero-order chi connectivity index (χ0) is 9.97. The van der Waals surface area contributed by atoms with E-state index in [4.69, 9.17) is 5.11 Å². The summed E-state index contributed by atoms with van der Waals surface area (Å²) in [6, 6.07) is -0.0355. The van der Waals surface area contributed by atoms with Gasteiger partial charge in [-0.1, -0.05) is 0 Å². The van der Waals surface area contributed by atoms with Gasteiger partial charge in [-0.25, -0.2) is 9.37 Å². The molecule has 0 radical (unpaired) electrons. The second kappa shape index (κ2) is 4.33. The topological polar surface area (TPSA) is 36.4 Å². The monoisotopic (exact) mass is 216 g/mol. The quantitative estimate of drug-likeness (QED) is 0.820. The fraction of sp³-hybridized carbons (Fsp3) is 0.667. The first-order valence-electron chi connectivity index (χ1n) is 4.65. The lowest BCUT2D eigenvalue weighted by Crippen LogP contribution is -2.31. The van der Waals surface area contributed by atoms with Crippen molar-refractivity contribution < 1.29 is 9.50 Å². The largest absolute Gasteiger partial charge is 0.395 e. The number of alkyl halides is 1.